The lowest BCUT2D eigenvalue weighted by Gasteiger charge is -2.33. The van der Waals surface area contributed by atoms with Crippen LogP contribution in [0, 0.1) is 5.92 Å². The molecule has 1 fully saturated rings. The molecule has 45 heavy (non-hydrogen) atoms. The number of rotatable bonds is 7. The fourth-order valence-electron chi connectivity index (χ4n) is 5.53. The first-order chi connectivity index (χ1) is 21.3. The van der Waals surface area contributed by atoms with E-state index in [1.54, 1.807) is 20.3 Å². The van der Waals surface area contributed by atoms with Crippen molar-refractivity contribution in [2.75, 3.05) is 6.54 Å². The number of amides is 1. The van der Waals surface area contributed by atoms with E-state index < -0.39 is 17.3 Å². The van der Waals surface area contributed by atoms with Crippen LogP contribution in [0.1, 0.15) is 72.1 Å². The van der Waals surface area contributed by atoms with Gasteiger partial charge in [0.05, 0.1) is 24.8 Å². The molecule has 1 aliphatic carbocycles. The Balaban J connectivity index is 1.31. The van der Waals surface area contributed by atoms with Crippen LogP contribution >= 0.6 is 0 Å². The molecule has 0 aliphatic heterocycles. The van der Waals surface area contributed by atoms with E-state index in [4.69, 9.17) is 9.47 Å². The SMILES string of the molecule is CC(C)(C)OC(=O)N(Cc1cc2ccc(Cn3cc(-c4cnc5[nH]ccc5c4)nn3)cc2n1C(=O)OC(C)(C)C)CC1CCC1. The summed E-state index contributed by atoms with van der Waals surface area (Å²) in [6.45, 7) is 12.4. The van der Waals surface area contributed by atoms with Gasteiger partial charge in [0.15, 0.2) is 0 Å². The second-order valence-electron chi connectivity index (χ2n) is 13.9. The third-order valence-corrected chi connectivity index (χ3v) is 7.81. The maximum atomic E-state index is 13.7. The number of aromatic nitrogens is 6. The highest BCUT2D eigenvalue weighted by atomic mass is 16.6. The lowest BCUT2D eigenvalue weighted by atomic mass is 9.85. The molecule has 0 spiro atoms. The summed E-state index contributed by atoms with van der Waals surface area (Å²) in [5.41, 5.74) is 3.39. The maximum absolute atomic E-state index is 13.7. The zero-order chi connectivity index (χ0) is 31.9. The molecule has 0 radical (unpaired) electrons. The molecule has 1 aliphatic rings. The highest BCUT2D eigenvalue weighted by molar-refractivity contribution is 5.91. The molecule has 0 bridgehead atoms. The summed E-state index contributed by atoms with van der Waals surface area (Å²) in [7, 11) is 0. The first-order valence-electron chi connectivity index (χ1n) is 15.5. The summed E-state index contributed by atoms with van der Waals surface area (Å²) in [6.07, 6.45) is 7.98. The van der Waals surface area contributed by atoms with Crippen LogP contribution in [-0.4, -0.2) is 64.4 Å². The third-order valence-electron chi connectivity index (χ3n) is 7.81. The molecule has 236 valence electrons. The molecule has 1 aromatic carbocycles. The van der Waals surface area contributed by atoms with Crippen molar-refractivity contribution in [1.29, 1.82) is 0 Å². The van der Waals surface area contributed by atoms with E-state index in [0.717, 1.165) is 46.1 Å². The van der Waals surface area contributed by atoms with Crippen LogP contribution in [0.2, 0.25) is 0 Å². The lowest BCUT2D eigenvalue weighted by molar-refractivity contribution is 0.0163. The number of pyridine rings is 1. The summed E-state index contributed by atoms with van der Waals surface area (Å²) in [5.74, 6) is 0.428. The molecule has 0 unspecified atom stereocenters. The molecule has 0 saturated heterocycles. The van der Waals surface area contributed by atoms with Crippen molar-refractivity contribution in [3.05, 3.63) is 66.2 Å². The number of nitrogens with one attached hydrogen (secondary N) is 1. The Morgan fingerprint density at radius 2 is 1.78 bits per heavy atom. The lowest BCUT2D eigenvalue weighted by Crippen LogP contribution is -2.41. The first kappa shape index (κ1) is 30.4. The molecule has 4 heterocycles. The van der Waals surface area contributed by atoms with E-state index in [1.165, 1.54) is 6.42 Å². The molecule has 11 heteroatoms. The van der Waals surface area contributed by atoms with Crippen LogP contribution in [0.3, 0.4) is 0 Å². The van der Waals surface area contributed by atoms with Gasteiger partial charge in [0.25, 0.3) is 0 Å². The van der Waals surface area contributed by atoms with Crippen LogP contribution < -0.4 is 0 Å². The van der Waals surface area contributed by atoms with Gasteiger partial charge in [-0.15, -0.1) is 5.10 Å². The second kappa shape index (κ2) is 11.7. The zero-order valence-electron chi connectivity index (χ0n) is 26.8. The first-order valence-corrected chi connectivity index (χ1v) is 15.5. The summed E-state index contributed by atoms with van der Waals surface area (Å²) < 4.78 is 15.0. The molecule has 1 amide bonds. The van der Waals surface area contributed by atoms with Gasteiger partial charge in [0, 0.05) is 41.0 Å². The average molecular weight is 612 g/mol. The molecule has 4 aromatic heterocycles. The summed E-state index contributed by atoms with van der Waals surface area (Å²) >= 11 is 0. The topological polar surface area (TPSA) is 120 Å². The van der Waals surface area contributed by atoms with Gasteiger partial charge in [-0.2, -0.15) is 0 Å². The van der Waals surface area contributed by atoms with Crippen molar-refractivity contribution < 1.29 is 19.1 Å². The maximum Gasteiger partial charge on any atom is 0.419 e. The number of ether oxygens (including phenoxy) is 2. The van der Waals surface area contributed by atoms with Crippen molar-refractivity contribution in [2.45, 2.75) is 85.1 Å². The Kier molecular flexibility index (Phi) is 7.88. The number of carbonyl (C=O) groups is 2. The minimum Gasteiger partial charge on any atom is -0.444 e. The Labute approximate surface area is 262 Å². The molecule has 5 aromatic rings. The highest BCUT2D eigenvalue weighted by Gasteiger charge is 2.30. The van der Waals surface area contributed by atoms with Crippen molar-refractivity contribution in [1.82, 2.24) is 34.4 Å². The van der Waals surface area contributed by atoms with E-state index in [1.807, 2.05) is 90.3 Å². The Hall–Kier alpha value is -4.67. The third kappa shape index (κ3) is 7.02. The van der Waals surface area contributed by atoms with E-state index in [2.05, 4.69) is 20.3 Å². The Morgan fingerprint density at radius 3 is 2.49 bits per heavy atom. The van der Waals surface area contributed by atoms with Crippen molar-refractivity contribution >= 4 is 34.1 Å². The van der Waals surface area contributed by atoms with Gasteiger partial charge < -0.3 is 19.4 Å². The van der Waals surface area contributed by atoms with Gasteiger partial charge in [-0.3, -0.25) is 0 Å². The van der Waals surface area contributed by atoms with Gasteiger partial charge in [-0.1, -0.05) is 23.8 Å². The van der Waals surface area contributed by atoms with E-state index in [9.17, 15) is 9.59 Å². The number of hydrogen-bond donors (Lipinski definition) is 1. The Bertz CT molecular complexity index is 1850. The van der Waals surface area contributed by atoms with Crippen molar-refractivity contribution in [3.63, 3.8) is 0 Å². The summed E-state index contributed by atoms with van der Waals surface area (Å²) in [6, 6.07) is 11.9. The van der Waals surface area contributed by atoms with Gasteiger partial charge in [-0.05, 0) is 90.1 Å². The van der Waals surface area contributed by atoms with Crippen LogP contribution in [0.5, 0.6) is 0 Å². The molecule has 11 nitrogen and oxygen atoms in total. The summed E-state index contributed by atoms with van der Waals surface area (Å²) in [4.78, 5) is 36.3. The van der Waals surface area contributed by atoms with Crippen LogP contribution in [0.4, 0.5) is 9.59 Å². The molecule has 1 N–H and O–H groups in total. The van der Waals surface area contributed by atoms with Crippen LogP contribution in [0.25, 0.3) is 33.2 Å². The second-order valence-corrected chi connectivity index (χ2v) is 13.9. The number of fused-ring (bicyclic) bond motifs is 2. The predicted molar refractivity (Wildman–Crippen MR) is 172 cm³/mol. The minimum atomic E-state index is -0.700. The fraction of sp³-hybridized carbons (Fsp3) is 0.441. The number of benzene rings is 1. The number of carbonyl (C=O) groups excluding carboxylic acids is 2. The largest absolute Gasteiger partial charge is 0.444 e. The smallest absolute Gasteiger partial charge is 0.419 e. The molecular formula is C34H41N7O4. The van der Waals surface area contributed by atoms with Crippen LogP contribution in [-0.2, 0) is 22.6 Å². The number of H-pyrrole nitrogens is 1. The summed E-state index contributed by atoms with van der Waals surface area (Å²) in [5, 5.41) is 10.6. The Morgan fingerprint density at radius 1 is 1.00 bits per heavy atom. The molecule has 0 atom stereocenters. The van der Waals surface area contributed by atoms with Gasteiger partial charge >= 0.3 is 12.2 Å². The monoisotopic (exact) mass is 611 g/mol. The minimum absolute atomic E-state index is 0.223. The number of nitrogens with zero attached hydrogens (tertiary/aromatic N) is 6. The molecule has 6 rings (SSSR count). The van der Waals surface area contributed by atoms with E-state index in [0.29, 0.717) is 30.2 Å². The van der Waals surface area contributed by atoms with Gasteiger partial charge in [0.1, 0.15) is 22.5 Å². The normalized spacial score (nSPS) is 14.1. The molecule has 1 saturated carbocycles. The molecular weight excluding hydrogens is 570 g/mol. The number of hydrogen-bond acceptors (Lipinski definition) is 7. The van der Waals surface area contributed by atoms with Crippen molar-refractivity contribution in [3.8, 4) is 11.3 Å². The standard InChI is InChI=1S/C34H41N7O4/c1-33(2,3)44-31(42)39(18-22-8-7-9-22)20-27-16-24-11-10-23(14-29(24)41(27)32(43)45-34(4,5)6)19-40-21-28(37-38-40)26-15-25-12-13-35-30(25)36-17-26/h10-17,21-22H,7-9,18-20H2,1-6H3,(H,35,36). The van der Waals surface area contributed by atoms with Crippen LogP contribution in [0.15, 0.2) is 55.0 Å². The van der Waals surface area contributed by atoms with Crippen molar-refractivity contribution in [2.24, 2.45) is 5.92 Å². The number of aromatic amines is 1. The quantitative estimate of drug-likeness (QED) is 0.208. The zero-order valence-corrected chi connectivity index (χ0v) is 26.8. The van der Waals surface area contributed by atoms with Gasteiger partial charge in [0.2, 0.25) is 0 Å². The van der Waals surface area contributed by atoms with E-state index in [-0.39, 0.29) is 12.6 Å². The predicted octanol–water partition coefficient (Wildman–Crippen LogP) is 7.14. The van der Waals surface area contributed by atoms with Gasteiger partial charge in [-0.25, -0.2) is 23.8 Å². The fourth-order valence-corrected chi connectivity index (χ4v) is 5.53. The average Bonchev–Trinajstić information content (AvgIpc) is 3.65. The highest BCUT2D eigenvalue weighted by Crippen LogP contribution is 2.30. The van der Waals surface area contributed by atoms with E-state index >= 15 is 0 Å².